The van der Waals surface area contributed by atoms with Crippen LogP contribution in [0.1, 0.15) is 11.6 Å². The number of aliphatic hydroxyl groups excluding tert-OH is 1. The van der Waals surface area contributed by atoms with E-state index in [2.05, 4.69) is 10.3 Å². The molecule has 1 aliphatic rings. The lowest BCUT2D eigenvalue weighted by Gasteiger charge is -2.16. The van der Waals surface area contributed by atoms with E-state index in [-0.39, 0.29) is 18.6 Å². The summed E-state index contributed by atoms with van der Waals surface area (Å²) in [5.74, 6) is 0.257. The van der Waals surface area contributed by atoms with Gasteiger partial charge in [-0.25, -0.2) is 0 Å². The van der Waals surface area contributed by atoms with Gasteiger partial charge in [0, 0.05) is 0 Å². The fourth-order valence-corrected chi connectivity index (χ4v) is 2.17. The van der Waals surface area contributed by atoms with E-state index in [1.165, 1.54) is 11.8 Å². The summed E-state index contributed by atoms with van der Waals surface area (Å²) in [7, 11) is 0. The molecule has 2 N–H and O–H groups in total. The Morgan fingerprint density at radius 3 is 2.75 bits per heavy atom. The van der Waals surface area contributed by atoms with E-state index in [9.17, 15) is 9.90 Å². The molecule has 0 spiro atoms. The number of hydrogen-bond acceptors (Lipinski definition) is 4. The monoisotopic (exact) mass is 236 g/mol. The van der Waals surface area contributed by atoms with Crippen LogP contribution in [0.3, 0.4) is 0 Å². The number of thioether (sulfide) groups is 1. The smallest absolute Gasteiger partial charge is 0.258 e. The van der Waals surface area contributed by atoms with Crippen LogP contribution in [0, 0.1) is 0 Å². The molecular formula is C11H12N2O2S. The van der Waals surface area contributed by atoms with Crippen LogP contribution in [0.15, 0.2) is 35.3 Å². The molecule has 84 valence electrons. The van der Waals surface area contributed by atoms with Gasteiger partial charge in [0.05, 0.1) is 18.4 Å². The Morgan fingerprint density at radius 2 is 2.19 bits per heavy atom. The minimum atomic E-state index is -0.210. The molecule has 0 saturated heterocycles. The Morgan fingerprint density at radius 1 is 1.44 bits per heavy atom. The first-order valence-electron chi connectivity index (χ1n) is 4.96. The molecule has 0 aliphatic carbocycles. The Hall–Kier alpha value is -1.33. The van der Waals surface area contributed by atoms with E-state index in [0.29, 0.717) is 10.9 Å². The molecule has 0 bridgehead atoms. The summed E-state index contributed by atoms with van der Waals surface area (Å²) in [4.78, 5) is 14.8. The van der Waals surface area contributed by atoms with Crippen molar-refractivity contribution in [2.75, 3.05) is 12.4 Å². The van der Waals surface area contributed by atoms with Crippen molar-refractivity contribution in [3.8, 4) is 0 Å². The maximum Gasteiger partial charge on any atom is 0.258 e. The highest BCUT2D eigenvalue weighted by molar-refractivity contribution is 8.14. The van der Waals surface area contributed by atoms with Crippen molar-refractivity contribution >= 4 is 22.8 Å². The molecule has 5 heteroatoms. The van der Waals surface area contributed by atoms with E-state index < -0.39 is 0 Å². The maximum absolute atomic E-state index is 10.9. The first kappa shape index (κ1) is 11.2. The molecule has 0 radical (unpaired) electrons. The number of carbonyl (C=O) groups is 1. The van der Waals surface area contributed by atoms with Crippen LogP contribution in [-0.2, 0) is 4.79 Å². The van der Waals surface area contributed by atoms with Gasteiger partial charge in [0.25, 0.3) is 5.91 Å². The molecule has 1 aliphatic heterocycles. The SMILES string of the molecule is O=C1CSC(N[C@@H](CO)c2ccccc2)=N1. The number of amidine groups is 1. The van der Waals surface area contributed by atoms with Gasteiger partial charge in [0.15, 0.2) is 5.17 Å². The predicted octanol–water partition coefficient (Wildman–Crippen LogP) is 0.939. The molecular weight excluding hydrogens is 224 g/mol. The number of amides is 1. The predicted molar refractivity (Wildman–Crippen MR) is 64.3 cm³/mol. The van der Waals surface area contributed by atoms with Gasteiger partial charge in [-0.15, -0.1) is 0 Å². The fraction of sp³-hybridized carbons (Fsp3) is 0.273. The molecule has 1 heterocycles. The van der Waals surface area contributed by atoms with E-state index in [4.69, 9.17) is 0 Å². The molecule has 2 rings (SSSR count). The van der Waals surface area contributed by atoms with Crippen LogP contribution in [0.2, 0.25) is 0 Å². The molecule has 0 fully saturated rings. The number of benzene rings is 1. The van der Waals surface area contributed by atoms with Gasteiger partial charge >= 0.3 is 0 Å². The number of hydrogen-bond donors (Lipinski definition) is 2. The lowest BCUT2D eigenvalue weighted by atomic mass is 10.1. The second-order valence-electron chi connectivity index (χ2n) is 3.39. The highest BCUT2D eigenvalue weighted by Crippen LogP contribution is 2.17. The summed E-state index contributed by atoms with van der Waals surface area (Å²) in [5, 5.41) is 12.9. The summed E-state index contributed by atoms with van der Waals surface area (Å²) >= 11 is 1.37. The highest BCUT2D eigenvalue weighted by atomic mass is 32.2. The van der Waals surface area contributed by atoms with Crippen molar-refractivity contribution in [2.24, 2.45) is 4.99 Å². The molecule has 1 amide bonds. The number of nitrogens with zero attached hydrogens (tertiary/aromatic N) is 1. The van der Waals surface area contributed by atoms with Crippen LogP contribution in [-0.4, -0.2) is 28.5 Å². The van der Waals surface area contributed by atoms with Crippen molar-refractivity contribution < 1.29 is 9.90 Å². The molecule has 1 aromatic rings. The van der Waals surface area contributed by atoms with E-state index in [1.807, 2.05) is 30.3 Å². The van der Waals surface area contributed by atoms with Crippen molar-refractivity contribution in [3.05, 3.63) is 35.9 Å². The van der Waals surface area contributed by atoms with Crippen LogP contribution in [0.4, 0.5) is 0 Å². The lowest BCUT2D eigenvalue weighted by Crippen LogP contribution is -2.27. The highest BCUT2D eigenvalue weighted by Gasteiger charge is 2.18. The molecule has 4 nitrogen and oxygen atoms in total. The van der Waals surface area contributed by atoms with E-state index in [1.54, 1.807) is 0 Å². The second-order valence-corrected chi connectivity index (χ2v) is 4.35. The zero-order valence-electron chi connectivity index (χ0n) is 8.59. The van der Waals surface area contributed by atoms with Gasteiger partial charge in [0.2, 0.25) is 0 Å². The van der Waals surface area contributed by atoms with Crippen LogP contribution in [0.5, 0.6) is 0 Å². The number of aliphatic hydroxyl groups is 1. The number of carbonyl (C=O) groups excluding carboxylic acids is 1. The largest absolute Gasteiger partial charge is 0.394 e. The average Bonchev–Trinajstić information content (AvgIpc) is 2.73. The average molecular weight is 236 g/mol. The van der Waals surface area contributed by atoms with Crippen molar-refractivity contribution in [1.82, 2.24) is 5.32 Å². The number of rotatable bonds is 3. The summed E-state index contributed by atoms with van der Waals surface area (Å²) in [6, 6.07) is 9.39. The molecule has 0 saturated carbocycles. The molecule has 16 heavy (non-hydrogen) atoms. The zero-order chi connectivity index (χ0) is 11.4. The topological polar surface area (TPSA) is 61.7 Å². The van der Waals surface area contributed by atoms with E-state index >= 15 is 0 Å². The van der Waals surface area contributed by atoms with Crippen LogP contribution < -0.4 is 5.32 Å². The second kappa shape index (κ2) is 5.14. The summed E-state index contributed by atoms with van der Waals surface area (Å²) in [5.41, 5.74) is 0.979. The Kier molecular flexibility index (Phi) is 3.58. The van der Waals surface area contributed by atoms with Crippen molar-refractivity contribution in [3.63, 3.8) is 0 Å². The normalized spacial score (nSPS) is 17.1. The van der Waals surface area contributed by atoms with Gasteiger partial charge in [0.1, 0.15) is 0 Å². The molecule has 0 aromatic heterocycles. The van der Waals surface area contributed by atoms with Crippen molar-refractivity contribution in [1.29, 1.82) is 0 Å². The van der Waals surface area contributed by atoms with Gasteiger partial charge in [-0.3, -0.25) is 4.79 Å². The van der Waals surface area contributed by atoms with Gasteiger partial charge in [-0.1, -0.05) is 42.1 Å². The third-order valence-corrected chi connectivity index (χ3v) is 3.11. The standard InChI is InChI=1S/C11H12N2O2S/c14-6-9(8-4-2-1-3-5-8)12-11-13-10(15)7-16-11/h1-5,9,14H,6-7H2,(H,12,13,15)/t9-/m0/s1. The Labute approximate surface area is 97.8 Å². The number of aliphatic imine (C=N–C) groups is 1. The Bertz CT molecular complexity index is 406. The summed E-state index contributed by atoms with van der Waals surface area (Å²) in [6.07, 6.45) is 0. The van der Waals surface area contributed by atoms with Gasteiger partial charge in [-0.05, 0) is 5.56 Å². The molecule has 1 atom stereocenters. The molecule has 1 aromatic carbocycles. The summed E-state index contributed by atoms with van der Waals surface area (Å²) < 4.78 is 0. The van der Waals surface area contributed by atoms with Gasteiger partial charge < -0.3 is 10.4 Å². The minimum Gasteiger partial charge on any atom is -0.394 e. The Balaban J connectivity index is 2.07. The van der Waals surface area contributed by atoms with Crippen LogP contribution in [0.25, 0.3) is 0 Å². The van der Waals surface area contributed by atoms with E-state index in [0.717, 1.165) is 5.56 Å². The lowest BCUT2D eigenvalue weighted by molar-refractivity contribution is -0.115. The quantitative estimate of drug-likeness (QED) is 0.820. The third-order valence-electron chi connectivity index (χ3n) is 2.24. The van der Waals surface area contributed by atoms with Crippen LogP contribution >= 0.6 is 11.8 Å². The first-order chi connectivity index (χ1) is 7.79. The minimum absolute atomic E-state index is 0.0300. The summed E-state index contributed by atoms with van der Waals surface area (Å²) in [6.45, 7) is -0.0300. The molecule has 0 unspecified atom stereocenters. The van der Waals surface area contributed by atoms with Crippen molar-refractivity contribution in [2.45, 2.75) is 6.04 Å². The zero-order valence-corrected chi connectivity index (χ0v) is 9.41. The van der Waals surface area contributed by atoms with Gasteiger partial charge in [-0.2, -0.15) is 4.99 Å². The third kappa shape index (κ3) is 2.62. The number of nitrogens with one attached hydrogen (secondary N) is 1. The fourth-order valence-electron chi connectivity index (χ4n) is 1.45. The maximum atomic E-state index is 10.9. The first-order valence-corrected chi connectivity index (χ1v) is 5.95.